The highest BCUT2D eigenvalue weighted by molar-refractivity contribution is 5.97. The SMILES string of the molecule is CC(=O)NCC#Cc1ccc(O)c(C(C)=O)c1. The van der Waals surface area contributed by atoms with Crippen molar-refractivity contribution in [2.45, 2.75) is 13.8 Å². The molecule has 17 heavy (non-hydrogen) atoms. The number of rotatable bonds is 2. The Kier molecular flexibility index (Phi) is 4.29. The summed E-state index contributed by atoms with van der Waals surface area (Å²) in [6.45, 7) is 3.05. The Morgan fingerprint density at radius 2 is 2.06 bits per heavy atom. The first-order valence-electron chi connectivity index (χ1n) is 5.08. The molecule has 0 saturated heterocycles. The largest absolute Gasteiger partial charge is 0.507 e. The number of nitrogens with one attached hydrogen (secondary N) is 1. The van der Waals surface area contributed by atoms with E-state index in [4.69, 9.17) is 0 Å². The van der Waals surface area contributed by atoms with Crippen LogP contribution in [0, 0.1) is 11.8 Å². The Balaban J connectivity index is 2.82. The number of benzene rings is 1. The Morgan fingerprint density at radius 1 is 1.35 bits per heavy atom. The van der Waals surface area contributed by atoms with Crippen LogP contribution in [0.4, 0.5) is 0 Å². The molecule has 0 bridgehead atoms. The van der Waals surface area contributed by atoms with Crippen LogP contribution in [0.2, 0.25) is 0 Å². The molecule has 4 nitrogen and oxygen atoms in total. The summed E-state index contributed by atoms with van der Waals surface area (Å²) >= 11 is 0. The number of hydrogen-bond acceptors (Lipinski definition) is 3. The monoisotopic (exact) mass is 231 g/mol. The second-order valence-corrected chi connectivity index (χ2v) is 3.50. The Labute approximate surface area is 99.7 Å². The molecule has 0 fully saturated rings. The summed E-state index contributed by atoms with van der Waals surface area (Å²) in [5.74, 6) is 5.13. The van der Waals surface area contributed by atoms with Gasteiger partial charge in [-0.25, -0.2) is 0 Å². The van der Waals surface area contributed by atoms with E-state index in [1.807, 2.05) is 0 Å². The van der Waals surface area contributed by atoms with Crippen molar-refractivity contribution >= 4 is 11.7 Å². The van der Waals surface area contributed by atoms with Gasteiger partial charge in [-0.2, -0.15) is 0 Å². The van der Waals surface area contributed by atoms with Gasteiger partial charge in [-0.05, 0) is 25.1 Å². The van der Waals surface area contributed by atoms with Crippen molar-refractivity contribution in [2.75, 3.05) is 6.54 Å². The predicted molar refractivity (Wildman–Crippen MR) is 63.7 cm³/mol. The van der Waals surface area contributed by atoms with Crippen LogP contribution in [0.1, 0.15) is 29.8 Å². The maximum Gasteiger partial charge on any atom is 0.217 e. The van der Waals surface area contributed by atoms with Gasteiger partial charge in [0.2, 0.25) is 5.91 Å². The molecule has 0 aliphatic heterocycles. The van der Waals surface area contributed by atoms with Gasteiger partial charge < -0.3 is 10.4 Å². The lowest BCUT2D eigenvalue weighted by Gasteiger charge is -2.00. The number of phenolic OH excluding ortho intramolecular Hbond substituents is 1. The zero-order valence-electron chi connectivity index (χ0n) is 9.70. The number of aromatic hydroxyl groups is 1. The molecule has 0 atom stereocenters. The molecule has 0 saturated carbocycles. The lowest BCUT2D eigenvalue weighted by molar-refractivity contribution is -0.118. The first kappa shape index (κ1) is 12.8. The number of phenols is 1. The fourth-order valence-corrected chi connectivity index (χ4v) is 1.21. The van der Waals surface area contributed by atoms with Crippen LogP contribution < -0.4 is 5.32 Å². The van der Waals surface area contributed by atoms with E-state index >= 15 is 0 Å². The van der Waals surface area contributed by atoms with Crippen molar-refractivity contribution in [2.24, 2.45) is 0 Å². The highest BCUT2D eigenvalue weighted by Gasteiger charge is 2.05. The van der Waals surface area contributed by atoms with Crippen molar-refractivity contribution in [3.05, 3.63) is 29.3 Å². The fraction of sp³-hybridized carbons (Fsp3) is 0.231. The summed E-state index contributed by atoms with van der Waals surface area (Å²) in [6, 6.07) is 4.57. The normalized spacial score (nSPS) is 9.06. The number of ketones is 1. The molecule has 88 valence electrons. The van der Waals surface area contributed by atoms with Gasteiger partial charge in [-0.1, -0.05) is 11.8 Å². The van der Waals surface area contributed by atoms with E-state index in [2.05, 4.69) is 17.2 Å². The van der Waals surface area contributed by atoms with Gasteiger partial charge in [0.15, 0.2) is 5.78 Å². The van der Waals surface area contributed by atoms with Crippen LogP contribution in [-0.2, 0) is 4.79 Å². The molecule has 0 spiro atoms. The second kappa shape index (κ2) is 5.71. The summed E-state index contributed by atoms with van der Waals surface area (Å²) in [5.41, 5.74) is 0.870. The van der Waals surface area contributed by atoms with E-state index in [-0.39, 0.29) is 29.5 Å². The molecule has 0 radical (unpaired) electrons. The molecule has 0 aromatic heterocycles. The van der Waals surface area contributed by atoms with Crippen molar-refractivity contribution in [3.63, 3.8) is 0 Å². The van der Waals surface area contributed by atoms with E-state index in [1.165, 1.54) is 26.0 Å². The summed E-state index contributed by atoms with van der Waals surface area (Å²) in [6.07, 6.45) is 0. The lowest BCUT2D eigenvalue weighted by atomic mass is 10.1. The number of hydrogen-bond donors (Lipinski definition) is 2. The summed E-state index contributed by atoms with van der Waals surface area (Å²) in [5, 5.41) is 12.0. The number of Topliss-reactive ketones (excluding diaryl/α,β-unsaturated/α-hetero) is 1. The van der Waals surface area contributed by atoms with Crippen LogP contribution in [-0.4, -0.2) is 23.3 Å². The molecule has 1 aromatic rings. The van der Waals surface area contributed by atoms with Gasteiger partial charge in [-0.15, -0.1) is 0 Å². The molecule has 0 aliphatic carbocycles. The first-order chi connectivity index (χ1) is 8.00. The summed E-state index contributed by atoms with van der Waals surface area (Å²) in [4.78, 5) is 21.8. The third-order valence-electron chi connectivity index (χ3n) is 2.03. The van der Waals surface area contributed by atoms with Crippen LogP contribution in [0.15, 0.2) is 18.2 Å². The van der Waals surface area contributed by atoms with Crippen molar-refractivity contribution in [1.29, 1.82) is 0 Å². The molecule has 1 aromatic carbocycles. The molecule has 1 amide bonds. The van der Waals surface area contributed by atoms with Crippen LogP contribution in [0.5, 0.6) is 5.75 Å². The van der Waals surface area contributed by atoms with Gasteiger partial charge in [-0.3, -0.25) is 9.59 Å². The molecule has 0 heterocycles. The number of carbonyl (C=O) groups is 2. The highest BCUT2D eigenvalue weighted by atomic mass is 16.3. The average molecular weight is 231 g/mol. The van der Waals surface area contributed by atoms with Crippen molar-refractivity contribution in [3.8, 4) is 17.6 Å². The second-order valence-electron chi connectivity index (χ2n) is 3.50. The zero-order chi connectivity index (χ0) is 12.8. The summed E-state index contributed by atoms with van der Waals surface area (Å²) < 4.78 is 0. The molecule has 1 rings (SSSR count). The Bertz CT molecular complexity index is 509. The first-order valence-corrected chi connectivity index (χ1v) is 5.08. The van der Waals surface area contributed by atoms with Crippen molar-refractivity contribution < 1.29 is 14.7 Å². The molecular formula is C13H13NO3. The minimum atomic E-state index is -0.215. The standard InChI is InChI=1S/C13H13NO3/c1-9(15)12-8-11(5-6-13(12)17)4-3-7-14-10(2)16/h5-6,8,17H,7H2,1-2H3,(H,14,16). The summed E-state index contributed by atoms with van der Waals surface area (Å²) in [7, 11) is 0. The zero-order valence-corrected chi connectivity index (χ0v) is 9.70. The molecule has 2 N–H and O–H groups in total. The highest BCUT2D eigenvalue weighted by Crippen LogP contribution is 2.18. The van der Waals surface area contributed by atoms with Crippen LogP contribution in [0.3, 0.4) is 0 Å². The molecule has 0 unspecified atom stereocenters. The quantitative estimate of drug-likeness (QED) is 0.591. The molecule has 4 heteroatoms. The van der Waals surface area contributed by atoms with Gasteiger partial charge in [0.1, 0.15) is 5.75 Å². The minimum absolute atomic E-state index is 0.0510. The lowest BCUT2D eigenvalue weighted by Crippen LogP contribution is -2.19. The number of amides is 1. The molecule has 0 aliphatic rings. The maximum absolute atomic E-state index is 11.2. The van der Waals surface area contributed by atoms with Gasteiger partial charge in [0.25, 0.3) is 0 Å². The molecular weight excluding hydrogens is 218 g/mol. The van der Waals surface area contributed by atoms with E-state index in [1.54, 1.807) is 6.07 Å². The van der Waals surface area contributed by atoms with Gasteiger partial charge in [0.05, 0.1) is 12.1 Å². The third kappa shape index (κ3) is 3.99. The predicted octanol–water partition coefficient (Wildman–Crippen LogP) is 1.08. The van der Waals surface area contributed by atoms with E-state index in [0.717, 1.165) is 0 Å². The van der Waals surface area contributed by atoms with E-state index in [9.17, 15) is 14.7 Å². The maximum atomic E-state index is 11.2. The number of carbonyl (C=O) groups excluding carboxylic acids is 2. The Hall–Kier alpha value is -2.28. The van der Waals surface area contributed by atoms with Gasteiger partial charge >= 0.3 is 0 Å². The topological polar surface area (TPSA) is 66.4 Å². The fourth-order valence-electron chi connectivity index (χ4n) is 1.21. The third-order valence-corrected chi connectivity index (χ3v) is 2.03. The average Bonchev–Trinajstić information content (AvgIpc) is 2.25. The van der Waals surface area contributed by atoms with Gasteiger partial charge in [0, 0.05) is 12.5 Å². The van der Waals surface area contributed by atoms with E-state index < -0.39 is 0 Å². The van der Waals surface area contributed by atoms with Crippen LogP contribution in [0.25, 0.3) is 0 Å². The van der Waals surface area contributed by atoms with E-state index in [0.29, 0.717) is 5.56 Å². The Morgan fingerprint density at radius 3 is 2.65 bits per heavy atom. The smallest absolute Gasteiger partial charge is 0.217 e. The minimum Gasteiger partial charge on any atom is -0.507 e. The van der Waals surface area contributed by atoms with Crippen molar-refractivity contribution in [1.82, 2.24) is 5.32 Å². The van der Waals surface area contributed by atoms with Crippen LogP contribution >= 0.6 is 0 Å².